The van der Waals surface area contributed by atoms with Crippen molar-refractivity contribution < 1.29 is 23.1 Å². The summed E-state index contributed by atoms with van der Waals surface area (Å²) in [6.07, 6.45) is 0. The molecule has 2 aromatic carbocycles. The average Bonchev–Trinajstić information content (AvgIpc) is 2.46. The molecular weight excluding hydrogens is 386 g/mol. The maximum Gasteiger partial charge on any atom is 0.336 e. The topological polar surface area (TPSA) is 101 Å². The normalized spacial score (nSPS) is 11.0. The number of carboxylic acids is 1. The third-order valence-corrected chi connectivity index (χ3v) is 5.07. The second-order valence-corrected chi connectivity index (χ2v) is 7.23. The molecule has 23 heavy (non-hydrogen) atoms. The number of Topliss-reactive ketones (excluding diaryl/α,β-unsaturated/α-hetero) is 1. The van der Waals surface area contributed by atoms with Gasteiger partial charge in [0.25, 0.3) is 10.0 Å². The van der Waals surface area contributed by atoms with Gasteiger partial charge in [0.15, 0.2) is 5.78 Å². The smallest absolute Gasteiger partial charge is 0.336 e. The zero-order valence-electron chi connectivity index (χ0n) is 11.9. The lowest BCUT2D eigenvalue weighted by Gasteiger charge is -2.10. The Hall–Kier alpha value is -2.19. The van der Waals surface area contributed by atoms with Crippen molar-refractivity contribution in [3.05, 3.63) is 58.1 Å². The molecule has 0 saturated heterocycles. The van der Waals surface area contributed by atoms with E-state index in [0.717, 1.165) is 6.07 Å². The Morgan fingerprint density at radius 1 is 1.13 bits per heavy atom. The monoisotopic (exact) mass is 397 g/mol. The number of nitrogens with one attached hydrogen (secondary N) is 1. The molecule has 0 atom stereocenters. The number of hydrogen-bond donors (Lipinski definition) is 2. The second-order valence-electron chi connectivity index (χ2n) is 4.69. The van der Waals surface area contributed by atoms with E-state index in [2.05, 4.69) is 20.7 Å². The Morgan fingerprint density at radius 2 is 1.83 bits per heavy atom. The minimum Gasteiger partial charge on any atom is -0.478 e. The molecule has 2 N–H and O–H groups in total. The lowest BCUT2D eigenvalue weighted by Crippen LogP contribution is -2.14. The van der Waals surface area contributed by atoms with Gasteiger partial charge >= 0.3 is 5.97 Å². The third-order valence-electron chi connectivity index (χ3n) is 3.00. The molecule has 2 aromatic rings. The van der Waals surface area contributed by atoms with Crippen molar-refractivity contribution in [3.63, 3.8) is 0 Å². The molecule has 0 fully saturated rings. The van der Waals surface area contributed by atoms with Crippen LogP contribution in [-0.2, 0) is 10.0 Å². The van der Waals surface area contributed by atoms with Crippen molar-refractivity contribution in [3.8, 4) is 0 Å². The lowest BCUT2D eigenvalue weighted by molar-refractivity contribution is 0.0695. The number of halogens is 1. The van der Waals surface area contributed by atoms with Gasteiger partial charge in [-0.05, 0) is 53.2 Å². The summed E-state index contributed by atoms with van der Waals surface area (Å²) in [5.41, 5.74) is 0.426. The molecule has 0 aliphatic rings. The predicted molar refractivity (Wildman–Crippen MR) is 88.4 cm³/mol. The van der Waals surface area contributed by atoms with Crippen molar-refractivity contribution in [2.24, 2.45) is 0 Å². The van der Waals surface area contributed by atoms with E-state index in [0.29, 0.717) is 5.56 Å². The lowest BCUT2D eigenvalue weighted by atomic mass is 10.1. The Morgan fingerprint density at radius 3 is 2.43 bits per heavy atom. The fourth-order valence-corrected chi connectivity index (χ4v) is 3.34. The fourth-order valence-electron chi connectivity index (χ4n) is 1.85. The molecule has 0 saturated carbocycles. The minimum absolute atomic E-state index is 0.162. The number of carboxylic acid groups (broad SMARTS) is 1. The molecule has 8 heteroatoms. The molecule has 0 spiro atoms. The Bertz CT molecular complexity index is 892. The fraction of sp³-hybridized carbons (Fsp3) is 0.0667. The van der Waals surface area contributed by atoms with Crippen LogP contribution in [0.25, 0.3) is 0 Å². The van der Waals surface area contributed by atoms with Gasteiger partial charge in [-0.15, -0.1) is 0 Å². The number of aromatic carboxylic acids is 1. The van der Waals surface area contributed by atoms with Gasteiger partial charge in [0.1, 0.15) is 0 Å². The maximum absolute atomic E-state index is 12.4. The van der Waals surface area contributed by atoms with E-state index >= 15 is 0 Å². The molecule has 0 aromatic heterocycles. The highest BCUT2D eigenvalue weighted by Crippen LogP contribution is 2.23. The SMILES string of the molecule is CC(=O)c1cccc(NS(=O)(=O)c2ccc(Br)c(C(=O)O)c2)c1. The average molecular weight is 398 g/mol. The van der Waals surface area contributed by atoms with Gasteiger partial charge in [0, 0.05) is 15.7 Å². The first kappa shape index (κ1) is 17.2. The Balaban J connectivity index is 2.40. The van der Waals surface area contributed by atoms with E-state index in [1.54, 1.807) is 12.1 Å². The first-order chi connectivity index (χ1) is 10.7. The first-order valence-electron chi connectivity index (χ1n) is 6.37. The maximum atomic E-state index is 12.4. The van der Waals surface area contributed by atoms with Crippen molar-refractivity contribution >= 4 is 43.4 Å². The summed E-state index contributed by atoms with van der Waals surface area (Å²) >= 11 is 3.06. The van der Waals surface area contributed by atoms with Crippen LogP contribution in [-0.4, -0.2) is 25.3 Å². The molecule has 120 valence electrons. The van der Waals surface area contributed by atoms with Crippen molar-refractivity contribution in [2.75, 3.05) is 4.72 Å². The molecule has 2 rings (SSSR count). The van der Waals surface area contributed by atoms with Gasteiger partial charge in [-0.1, -0.05) is 12.1 Å². The molecule has 0 heterocycles. The number of benzene rings is 2. The standard InChI is InChI=1S/C15H12BrNO5S/c1-9(18)10-3-2-4-11(7-10)17-23(21,22)12-5-6-14(16)13(8-12)15(19)20/h2-8,17H,1H3,(H,19,20). The summed E-state index contributed by atoms with van der Waals surface area (Å²) in [5.74, 6) is -1.43. The number of hydrogen-bond acceptors (Lipinski definition) is 4. The molecule has 0 bridgehead atoms. The quantitative estimate of drug-likeness (QED) is 0.754. The molecule has 0 amide bonds. The van der Waals surface area contributed by atoms with Crippen molar-refractivity contribution in [2.45, 2.75) is 11.8 Å². The molecular formula is C15H12BrNO5S. The van der Waals surface area contributed by atoms with Crippen LogP contribution in [0.15, 0.2) is 51.8 Å². The van der Waals surface area contributed by atoms with Gasteiger partial charge < -0.3 is 5.11 Å². The summed E-state index contributed by atoms with van der Waals surface area (Å²) < 4.78 is 27.3. The van der Waals surface area contributed by atoms with Gasteiger partial charge in [-0.2, -0.15) is 0 Å². The van der Waals surface area contributed by atoms with Crippen LogP contribution in [0.2, 0.25) is 0 Å². The van der Waals surface area contributed by atoms with Crippen LogP contribution in [0.1, 0.15) is 27.6 Å². The highest BCUT2D eigenvalue weighted by Gasteiger charge is 2.18. The predicted octanol–water partition coefficient (Wildman–Crippen LogP) is 3.15. The van der Waals surface area contributed by atoms with Crippen LogP contribution in [0.4, 0.5) is 5.69 Å². The number of anilines is 1. The largest absolute Gasteiger partial charge is 0.478 e. The highest BCUT2D eigenvalue weighted by molar-refractivity contribution is 9.10. The summed E-state index contributed by atoms with van der Waals surface area (Å²) in [7, 11) is -3.97. The Kier molecular flexibility index (Phi) is 4.86. The summed E-state index contributed by atoms with van der Waals surface area (Å²) in [6.45, 7) is 1.38. The third kappa shape index (κ3) is 3.96. The molecule has 0 unspecified atom stereocenters. The zero-order valence-corrected chi connectivity index (χ0v) is 14.3. The summed E-state index contributed by atoms with van der Waals surface area (Å²) in [6, 6.07) is 9.74. The number of sulfonamides is 1. The van der Waals surface area contributed by atoms with Crippen molar-refractivity contribution in [1.29, 1.82) is 0 Å². The van der Waals surface area contributed by atoms with Gasteiger partial charge in [0.2, 0.25) is 0 Å². The second kappa shape index (κ2) is 6.51. The molecule has 0 aliphatic carbocycles. The van der Waals surface area contributed by atoms with Crippen LogP contribution in [0.3, 0.4) is 0 Å². The van der Waals surface area contributed by atoms with Gasteiger partial charge in [0.05, 0.1) is 10.5 Å². The molecule has 0 radical (unpaired) electrons. The summed E-state index contributed by atoms with van der Waals surface area (Å²) in [4.78, 5) is 22.3. The van der Waals surface area contributed by atoms with Crippen LogP contribution < -0.4 is 4.72 Å². The van der Waals surface area contributed by atoms with Crippen LogP contribution in [0, 0.1) is 0 Å². The number of rotatable bonds is 5. The number of carbonyl (C=O) groups is 2. The number of ketones is 1. The zero-order chi connectivity index (χ0) is 17.2. The van der Waals surface area contributed by atoms with Crippen molar-refractivity contribution in [1.82, 2.24) is 0 Å². The minimum atomic E-state index is -3.97. The van der Waals surface area contributed by atoms with E-state index in [1.807, 2.05) is 0 Å². The van der Waals surface area contributed by atoms with E-state index in [4.69, 9.17) is 5.11 Å². The molecule has 0 aliphatic heterocycles. The van der Waals surface area contributed by atoms with E-state index < -0.39 is 16.0 Å². The first-order valence-corrected chi connectivity index (χ1v) is 8.65. The summed E-state index contributed by atoms with van der Waals surface area (Å²) in [5, 5.41) is 9.06. The van der Waals surface area contributed by atoms with Gasteiger partial charge in [-0.25, -0.2) is 13.2 Å². The van der Waals surface area contributed by atoms with E-state index in [-0.39, 0.29) is 26.4 Å². The van der Waals surface area contributed by atoms with Crippen LogP contribution in [0.5, 0.6) is 0 Å². The molecule has 6 nitrogen and oxygen atoms in total. The van der Waals surface area contributed by atoms with Gasteiger partial charge in [-0.3, -0.25) is 9.52 Å². The number of carbonyl (C=O) groups excluding carboxylic acids is 1. The Labute approximate surface area is 141 Å². The van der Waals surface area contributed by atoms with E-state index in [1.165, 1.54) is 31.2 Å². The highest BCUT2D eigenvalue weighted by atomic mass is 79.9. The van der Waals surface area contributed by atoms with Crippen LogP contribution >= 0.6 is 15.9 Å². The van der Waals surface area contributed by atoms with E-state index in [9.17, 15) is 18.0 Å².